The zero-order chi connectivity index (χ0) is 19.7. The topological polar surface area (TPSA) is 71.5 Å². The number of sulfonamides is 1. The standard InChI is InChI=1S/C21H21N3O3S/c1-15-13-16-5-3-4-6-20(16)24(15)17-7-12-21(22-14-17)23-28(25,26)19-10-8-18(27-2)9-11-19/h3-12,14-15H,13H2,1-2H3,(H,22,23). The molecular weight excluding hydrogens is 374 g/mol. The molecule has 4 rings (SSSR count). The van der Waals surface area contributed by atoms with E-state index in [0.29, 0.717) is 11.8 Å². The number of rotatable bonds is 5. The van der Waals surface area contributed by atoms with Gasteiger partial charge in [0.2, 0.25) is 0 Å². The summed E-state index contributed by atoms with van der Waals surface area (Å²) in [5.41, 5.74) is 3.41. The average Bonchev–Trinajstić information content (AvgIpc) is 3.04. The Morgan fingerprint density at radius 1 is 1.07 bits per heavy atom. The van der Waals surface area contributed by atoms with Crippen molar-refractivity contribution in [2.24, 2.45) is 0 Å². The molecule has 0 saturated carbocycles. The number of fused-ring (bicyclic) bond motifs is 1. The Morgan fingerprint density at radius 3 is 2.50 bits per heavy atom. The summed E-state index contributed by atoms with van der Waals surface area (Å²) in [6.07, 6.45) is 2.67. The van der Waals surface area contributed by atoms with E-state index in [4.69, 9.17) is 4.74 Å². The number of nitrogens with one attached hydrogen (secondary N) is 1. The maximum absolute atomic E-state index is 12.6. The number of para-hydroxylation sites is 1. The van der Waals surface area contributed by atoms with Gasteiger partial charge in [0.15, 0.2) is 0 Å². The molecule has 1 atom stereocenters. The normalized spacial score (nSPS) is 15.9. The summed E-state index contributed by atoms with van der Waals surface area (Å²) < 4.78 is 32.7. The Morgan fingerprint density at radius 2 is 1.82 bits per heavy atom. The molecule has 6 nitrogen and oxygen atoms in total. The third-order valence-corrected chi connectivity index (χ3v) is 6.21. The maximum atomic E-state index is 12.6. The Balaban J connectivity index is 1.55. The second-order valence-electron chi connectivity index (χ2n) is 6.73. The highest BCUT2D eigenvalue weighted by Crippen LogP contribution is 2.37. The summed E-state index contributed by atoms with van der Waals surface area (Å²) in [6, 6.07) is 18.4. The number of anilines is 3. The van der Waals surface area contributed by atoms with Gasteiger partial charge in [-0.2, -0.15) is 0 Å². The SMILES string of the molecule is COc1ccc(S(=O)(=O)Nc2ccc(N3c4ccccc4CC3C)cn2)cc1. The van der Waals surface area contributed by atoms with Crippen LogP contribution in [0.1, 0.15) is 12.5 Å². The monoisotopic (exact) mass is 395 g/mol. The lowest BCUT2D eigenvalue weighted by Crippen LogP contribution is -2.24. The van der Waals surface area contributed by atoms with Crippen LogP contribution in [-0.2, 0) is 16.4 Å². The van der Waals surface area contributed by atoms with Crippen LogP contribution in [0.3, 0.4) is 0 Å². The number of nitrogens with zero attached hydrogens (tertiary/aromatic N) is 2. The van der Waals surface area contributed by atoms with Crippen molar-refractivity contribution in [2.75, 3.05) is 16.7 Å². The molecule has 144 valence electrons. The molecule has 0 bridgehead atoms. The van der Waals surface area contributed by atoms with E-state index in [1.165, 1.54) is 30.5 Å². The van der Waals surface area contributed by atoms with E-state index in [9.17, 15) is 8.42 Å². The molecule has 0 spiro atoms. The van der Waals surface area contributed by atoms with Gasteiger partial charge in [-0.25, -0.2) is 13.4 Å². The number of hydrogen-bond acceptors (Lipinski definition) is 5. The minimum atomic E-state index is -3.71. The number of pyridine rings is 1. The van der Waals surface area contributed by atoms with E-state index in [0.717, 1.165) is 12.1 Å². The van der Waals surface area contributed by atoms with Crippen LogP contribution in [0.2, 0.25) is 0 Å². The number of hydrogen-bond donors (Lipinski definition) is 1. The van der Waals surface area contributed by atoms with Gasteiger partial charge < -0.3 is 9.64 Å². The fourth-order valence-electron chi connectivity index (χ4n) is 3.50. The average molecular weight is 395 g/mol. The van der Waals surface area contributed by atoms with Crippen molar-refractivity contribution in [2.45, 2.75) is 24.3 Å². The molecule has 0 aliphatic carbocycles. The first-order valence-corrected chi connectivity index (χ1v) is 10.5. The van der Waals surface area contributed by atoms with Crippen molar-refractivity contribution in [3.63, 3.8) is 0 Å². The van der Waals surface area contributed by atoms with Crippen LogP contribution in [0.25, 0.3) is 0 Å². The van der Waals surface area contributed by atoms with Crippen molar-refractivity contribution in [3.8, 4) is 5.75 Å². The van der Waals surface area contributed by atoms with Crippen molar-refractivity contribution in [1.82, 2.24) is 4.98 Å². The van der Waals surface area contributed by atoms with Gasteiger partial charge in [0.05, 0.1) is 23.9 Å². The van der Waals surface area contributed by atoms with Crippen molar-refractivity contribution < 1.29 is 13.2 Å². The summed E-state index contributed by atoms with van der Waals surface area (Å²) in [4.78, 5) is 6.70. The van der Waals surface area contributed by atoms with Gasteiger partial charge in [0.1, 0.15) is 11.6 Å². The quantitative estimate of drug-likeness (QED) is 0.708. The Kier molecular flexibility index (Phi) is 4.68. The number of aromatic nitrogens is 1. The first kappa shape index (κ1) is 18.3. The molecule has 0 radical (unpaired) electrons. The van der Waals surface area contributed by atoms with E-state index in [1.807, 2.05) is 18.2 Å². The Labute approximate surface area is 164 Å². The number of methoxy groups -OCH3 is 1. The Bertz CT molecular complexity index is 1080. The fraction of sp³-hybridized carbons (Fsp3) is 0.190. The van der Waals surface area contributed by atoms with Gasteiger partial charge in [-0.3, -0.25) is 4.72 Å². The van der Waals surface area contributed by atoms with Crippen LogP contribution in [-0.4, -0.2) is 26.6 Å². The molecule has 7 heteroatoms. The fourth-order valence-corrected chi connectivity index (χ4v) is 4.51. The molecular formula is C21H21N3O3S. The highest BCUT2D eigenvalue weighted by molar-refractivity contribution is 7.92. The van der Waals surface area contributed by atoms with Crippen molar-refractivity contribution >= 4 is 27.2 Å². The summed E-state index contributed by atoms with van der Waals surface area (Å²) in [7, 11) is -2.18. The minimum Gasteiger partial charge on any atom is -0.497 e. The molecule has 0 amide bonds. The molecule has 0 fully saturated rings. The lowest BCUT2D eigenvalue weighted by Gasteiger charge is -2.24. The molecule has 2 aromatic carbocycles. The largest absolute Gasteiger partial charge is 0.497 e. The number of benzene rings is 2. The number of ether oxygens (including phenoxy) is 1. The highest BCUT2D eigenvalue weighted by atomic mass is 32.2. The minimum absolute atomic E-state index is 0.154. The van der Waals surface area contributed by atoms with E-state index in [-0.39, 0.29) is 10.7 Å². The van der Waals surface area contributed by atoms with Crippen LogP contribution in [0.5, 0.6) is 5.75 Å². The third-order valence-electron chi connectivity index (χ3n) is 4.84. The second-order valence-corrected chi connectivity index (χ2v) is 8.42. The van der Waals surface area contributed by atoms with Gasteiger partial charge in [0, 0.05) is 11.7 Å². The van der Waals surface area contributed by atoms with Crippen LogP contribution < -0.4 is 14.4 Å². The van der Waals surface area contributed by atoms with E-state index >= 15 is 0 Å². The van der Waals surface area contributed by atoms with E-state index < -0.39 is 10.0 Å². The zero-order valence-electron chi connectivity index (χ0n) is 15.7. The zero-order valence-corrected chi connectivity index (χ0v) is 16.5. The summed E-state index contributed by atoms with van der Waals surface area (Å²) >= 11 is 0. The predicted octanol–water partition coefficient (Wildman–Crippen LogP) is 3.97. The van der Waals surface area contributed by atoms with E-state index in [1.54, 1.807) is 24.4 Å². The molecule has 1 aliphatic rings. The molecule has 1 aromatic heterocycles. The van der Waals surface area contributed by atoms with Crippen molar-refractivity contribution in [1.29, 1.82) is 0 Å². The van der Waals surface area contributed by atoms with Crippen LogP contribution in [0.15, 0.2) is 71.8 Å². The Hall–Kier alpha value is -3.06. The molecule has 28 heavy (non-hydrogen) atoms. The summed E-state index contributed by atoms with van der Waals surface area (Å²) in [6.45, 7) is 2.17. The predicted molar refractivity (Wildman–Crippen MR) is 110 cm³/mol. The molecule has 0 saturated heterocycles. The van der Waals surface area contributed by atoms with Gasteiger partial charge in [-0.05, 0) is 61.4 Å². The molecule has 2 heterocycles. The highest BCUT2D eigenvalue weighted by Gasteiger charge is 2.27. The smallest absolute Gasteiger partial charge is 0.263 e. The van der Waals surface area contributed by atoms with Crippen LogP contribution >= 0.6 is 0 Å². The van der Waals surface area contributed by atoms with Crippen molar-refractivity contribution in [3.05, 3.63) is 72.4 Å². The van der Waals surface area contributed by atoms with Gasteiger partial charge in [-0.15, -0.1) is 0 Å². The van der Waals surface area contributed by atoms with Gasteiger partial charge in [0.25, 0.3) is 10.0 Å². The second kappa shape index (κ2) is 7.16. The lowest BCUT2D eigenvalue weighted by atomic mass is 10.1. The maximum Gasteiger partial charge on any atom is 0.263 e. The first-order valence-electron chi connectivity index (χ1n) is 8.98. The first-order chi connectivity index (χ1) is 13.5. The lowest BCUT2D eigenvalue weighted by molar-refractivity contribution is 0.414. The summed E-state index contributed by atoms with van der Waals surface area (Å²) in [5.74, 6) is 0.876. The molecule has 1 unspecified atom stereocenters. The molecule has 1 N–H and O–H groups in total. The van der Waals surface area contributed by atoms with Crippen LogP contribution in [0.4, 0.5) is 17.2 Å². The van der Waals surface area contributed by atoms with Gasteiger partial charge in [-0.1, -0.05) is 18.2 Å². The molecule has 3 aromatic rings. The van der Waals surface area contributed by atoms with Crippen LogP contribution in [0, 0.1) is 0 Å². The van der Waals surface area contributed by atoms with Gasteiger partial charge >= 0.3 is 0 Å². The summed E-state index contributed by atoms with van der Waals surface area (Å²) in [5, 5.41) is 0. The molecule has 1 aliphatic heterocycles. The van der Waals surface area contributed by atoms with E-state index in [2.05, 4.69) is 33.7 Å². The third kappa shape index (κ3) is 3.41.